The molecule has 1 aliphatic carbocycles. The van der Waals surface area contributed by atoms with Crippen LogP contribution >= 0.6 is 11.3 Å². The van der Waals surface area contributed by atoms with Crippen LogP contribution in [0.3, 0.4) is 0 Å². The predicted molar refractivity (Wildman–Crippen MR) is 113 cm³/mol. The number of sulfonamides is 1. The smallest absolute Gasteiger partial charge is 0.242 e. The number of benzene rings is 2. The van der Waals surface area contributed by atoms with Crippen LogP contribution in [-0.4, -0.2) is 23.5 Å². The number of rotatable bonds is 7. The van der Waals surface area contributed by atoms with E-state index in [0.717, 1.165) is 16.8 Å². The van der Waals surface area contributed by atoms with Crippen LogP contribution < -0.4 is 4.72 Å². The van der Waals surface area contributed by atoms with Crippen molar-refractivity contribution in [2.45, 2.75) is 30.2 Å². The molecule has 1 N–H and O–H groups in total. The van der Waals surface area contributed by atoms with Crippen molar-refractivity contribution in [2.24, 2.45) is 0 Å². The quantitative estimate of drug-likeness (QED) is 0.464. The molecule has 0 amide bonds. The Morgan fingerprint density at radius 1 is 1.00 bits per heavy atom. The predicted octanol–water partition coefficient (Wildman–Crippen LogP) is 4.22. The van der Waals surface area contributed by atoms with Gasteiger partial charge in [-0.1, -0.05) is 47.6 Å². The van der Waals surface area contributed by atoms with E-state index >= 15 is 0 Å². The van der Waals surface area contributed by atoms with Crippen LogP contribution in [0.15, 0.2) is 69.4 Å². The van der Waals surface area contributed by atoms with Crippen molar-refractivity contribution in [1.82, 2.24) is 19.8 Å². The number of thiazole rings is 1. The zero-order valence-electron chi connectivity index (χ0n) is 15.9. The molecule has 0 radical (unpaired) electrons. The Morgan fingerprint density at radius 3 is 2.47 bits per heavy atom. The molecule has 0 aliphatic heterocycles. The molecule has 2 aromatic heterocycles. The van der Waals surface area contributed by atoms with Crippen LogP contribution in [0, 0.1) is 0 Å². The summed E-state index contributed by atoms with van der Waals surface area (Å²) in [5.74, 6) is 1.26. The fourth-order valence-electron chi connectivity index (χ4n) is 3.01. The molecule has 1 fully saturated rings. The van der Waals surface area contributed by atoms with Crippen molar-refractivity contribution in [1.29, 1.82) is 0 Å². The topological polar surface area (TPSA) is 98.0 Å². The lowest BCUT2D eigenvalue weighted by Crippen LogP contribution is -2.23. The van der Waals surface area contributed by atoms with Crippen molar-refractivity contribution < 1.29 is 12.9 Å². The highest BCUT2D eigenvalue weighted by Crippen LogP contribution is 2.42. The van der Waals surface area contributed by atoms with Crippen LogP contribution in [-0.2, 0) is 16.6 Å². The molecule has 0 atom stereocenters. The number of aromatic nitrogens is 3. The van der Waals surface area contributed by atoms with E-state index in [1.54, 1.807) is 29.5 Å². The third-order valence-corrected chi connectivity index (χ3v) is 7.25. The first-order valence-corrected chi connectivity index (χ1v) is 11.9. The van der Waals surface area contributed by atoms with Gasteiger partial charge >= 0.3 is 0 Å². The van der Waals surface area contributed by atoms with E-state index < -0.39 is 10.0 Å². The minimum absolute atomic E-state index is 0.0783. The van der Waals surface area contributed by atoms with Gasteiger partial charge in [-0.05, 0) is 25.0 Å². The highest BCUT2D eigenvalue weighted by atomic mass is 32.2. The Labute approximate surface area is 177 Å². The van der Waals surface area contributed by atoms with Gasteiger partial charge in [0.05, 0.1) is 22.1 Å². The minimum atomic E-state index is -3.63. The van der Waals surface area contributed by atoms with Crippen molar-refractivity contribution >= 4 is 21.4 Å². The normalized spacial score (nSPS) is 14.1. The van der Waals surface area contributed by atoms with Gasteiger partial charge in [-0.3, -0.25) is 0 Å². The first-order valence-electron chi connectivity index (χ1n) is 9.52. The second-order valence-electron chi connectivity index (χ2n) is 7.07. The molecule has 1 aliphatic rings. The fraction of sp³-hybridized carbons (Fsp3) is 0.190. The lowest BCUT2D eigenvalue weighted by Gasteiger charge is -2.03. The molecule has 1 saturated carbocycles. The summed E-state index contributed by atoms with van der Waals surface area (Å²) < 4.78 is 32.3. The highest BCUT2D eigenvalue weighted by Gasteiger charge is 2.26. The van der Waals surface area contributed by atoms with Gasteiger partial charge in [-0.15, -0.1) is 11.3 Å². The Hall–Kier alpha value is -2.88. The Morgan fingerprint density at radius 2 is 1.73 bits per heavy atom. The molecule has 0 unspecified atom stereocenters. The maximum atomic E-state index is 12.3. The number of nitrogens with zero attached hydrogens (tertiary/aromatic N) is 3. The molecule has 30 heavy (non-hydrogen) atoms. The van der Waals surface area contributed by atoms with E-state index in [0.29, 0.717) is 11.7 Å². The molecule has 5 rings (SSSR count). The van der Waals surface area contributed by atoms with E-state index in [9.17, 15) is 8.42 Å². The Bertz CT molecular complexity index is 1260. The summed E-state index contributed by atoms with van der Waals surface area (Å²) in [5.41, 5.74) is 2.82. The zero-order valence-corrected chi connectivity index (χ0v) is 17.5. The minimum Gasteiger partial charge on any atom is -0.338 e. The molecule has 2 heterocycles. The van der Waals surface area contributed by atoms with Gasteiger partial charge in [-0.25, -0.2) is 18.1 Å². The zero-order chi connectivity index (χ0) is 20.6. The summed E-state index contributed by atoms with van der Waals surface area (Å²) in [7, 11) is -3.63. The molecule has 4 aromatic rings. The summed E-state index contributed by atoms with van der Waals surface area (Å²) in [6.07, 6.45) is 2.49. The van der Waals surface area contributed by atoms with Gasteiger partial charge in [0.15, 0.2) is 0 Å². The summed E-state index contributed by atoms with van der Waals surface area (Å²) in [6.45, 7) is -0.0783. The van der Waals surface area contributed by atoms with Gasteiger partial charge in [-0.2, -0.15) is 4.98 Å². The van der Waals surface area contributed by atoms with E-state index in [2.05, 4.69) is 20.2 Å². The van der Waals surface area contributed by atoms with Crippen molar-refractivity contribution in [3.63, 3.8) is 0 Å². The Balaban J connectivity index is 1.27. The summed E-state index contributed by atoms with van der Waals surface area (Å²) in [4.78, 5) is 9.21. The monoisotopic (exact) mass is 438 g/mol. The van der Waals surface area contributed by atoms with Crippen molar-refractivity contribution in [3.8, 4) is 22.6 Å². The molecular formula is C21H18N4O3S2. The fourth-order valence-corrected chi connectivity index (χ4v) is 5.01. The molecule has 0 spiro atoms. The van der Waals surface area contributed by atoms with Gasteiger partial charge < -0.3 is 4.52 Å². The summed E-state index contributed by atoms with van der Waals surface area (Å²) in [6, 6.07) is 15.9. The molecule has 152 valence electrons. The van der Waals surface area contributed by atoms with Crippen LogP contribution in [0.25, 0.3) is 22.6 Å². The SMILES string of the molecule is O=S(=O)(NCc1nc(-c2ccc(-c3csc(C4CC4)n3)cc2)no1)c1ccccc1. The van der Waals surface area contributed by atoms with Crippen LogP contribution in [0.2, 0.25) is 0 Å². The van der Waals surface area contributed by atoms with Crippen molar-refractivity contribution in [2.75, 3.05) is 0 Å². The third-order valence-electron chi connectivity index (χ3n) is 4.82. The lowest BCUT2D eigenvalue weighted by molar-refractivity contribution is 0.376. The summed E-state index contributed by atoms with van der Waals surface area (Å²) >= 11 is 1.72. The van der Waals surface area contributed by atoms with E-state index in [-0.39, 0.29) is 17.3 Å². The van der Waals surface area contributed by atoms with Gasteiger partial charge in [0, 0.05) is 22.4 Å². The number of hydrogen-bond acceptors (Lipinski definition) is 7. The van der Waals surface area contributed by atoms with Crippen LogP contribution in [0.5, 0.6) is 0 Å². The first-order chi connectivity index (χ1) is 14.6. The number of nitrogens with one attached hydrogen (secondary N) is 1. The third kappa shape index (κ3) is 4.04. The molecule has 9 heteroatoms. The first kappa shape index (κ1) is 19.1. The van der Waals surface area contributed by atoms with Gasteiger partial charge in [0.1, 0.15) is 0 Å². The summed E-state index contributed by atoms with van der Waals surface area (Å²) in [5, 5.41) is 7.27. The van der Waals surface area contributed by atoms with E-state index in [4.69, 9.17) is 9.51 Å². The standard InChI is InChI=1S/C21H18N4O3S2/c26-30(27,17-4-2-1-3-5-17)22-12-19-24-20(25-28-19)15-8-6-14(7-9-15)18-13-29-21(23-18)16-10-11-16/h1-9,13,16,22H,10-12H2. The van der Waals surface area contributed by atoms with Crippen LogP contribution in [0.4, 0.5) is 0 Å². The van der Waals surface area contributed by atoms with E-state index in [1.165, 1.54) is 30.0 Å². The van der Waals surface area contributed by atoms with E-state index in [1.807, 2.05) is 24.3 Å². The largest absolute Gasteiger partial charge is 0.338 e. The average molecular weight is 439 g/mol. The van der Waals surface area contributed by atoms with Gasteiger partial charge in [0.2, 0.25) is 21.7 Å². The molecule has 0 saturated heterocycles. The van der Waals surface area contributed by atoms with Gasteiger partial charge in [0.25, 0.3) is 0 Å². The van der Waals surface area contributed by atoms with Crippen LogP contribution in [0.1, 0.15) is 29.7 Å². The Kier molecular flexibility index (Phi) is 4.93. The molecule has 7 nitrogen and oxygen atoms in total. The molecule has 2 aromatic carbocycles. The molecular weight excluding hydrogens is 420 g/mol. The number of hydrogen-bond donors (Lipinski definition) is 1. The second-order valence-corrected chi connectivity index (χ2v) is 9.73. The lowest BCUT2D eigenvalue weighted by atomic mass is 10.1. The average Bonchev–Trinajstić information content (AvgIpc) is 3.32. The maximum Gasteiger partial charge on any atom is 0.242 e. The van der Waals surface area contributed by atoms with Crippen molar-refractivity contribution in [3.05, 3.63) is 70.9 Å². The highest BCUT2D eigenvalue weighted by molar-refractivity contribution is 7.89. The second kappa shape index (κ2) is 7.75. The molecule has 0 bridgehead atoms. The maximum absolute atomic E-state index is 12.3.